The van der Waals surface area contributed by atoms with Crippen LogP contribution in [0.3, 0.4) is 0 Å². The van der Waals surface area contributed by atoms with Crippen LogP contribution in [-0.2, 0) is 0 Å². The van der Waals surface area contributed by atoms with Gasteiger partial charge in [0.1, 0.15) is 5.82 Å². The van der Waals surface area contributed by atoms with Crippen LogP contribution in [0.1, 0.15) is 15.3 Å². The molecule has 0 aliphatic carbocycles. The van der Waals surface area contributed by atoms with Crippen LogP contribution in [0.5, 0.6) is 0 Å². The zero-order valence-corrected chi connectivity index (χ0v) is 14.1. The summed E-state index contributed by atoms with van der Waals surface area (Å²) < 4.78 is 15.6. The Labute approximate surface area is 138 Å². The van der Waals surface area contributed by atoms with Gasteiger partial charge >= 0.3 is 0 Å². The van der Waals surface area contributed by atoms with Crippen molar-refractivity contribution in [1.29, 1.82) is 0 Å². The highest BCUT2D eigenvalue weighted by Gasteiger charge is 2.17. The summed E-state index contributed by atoms with van der Waals surface area (Å²) in [6.07, 6.45) is 0. The van der Waals surface area contributed by atoms with E-state index in [1.54, 1.807) is 28.7 Å². The van der Waals surface area contributed by atoms with Crippen molar-refractivity contribution in [3.8, 4) is 0 Å². The van der Waals surface area contributed by atoms with E-state index < -0.39 is 0 Å². The summed E-state index contributed by atoms with van der Waals surface area (Å²) in [6, 6.07) is 15.5. The molecule has 0 saturated carbocycles. The minimum atomic E-state index is -0.178. The zero-order valence-electron chi connectivity index (χ0n) is 10.8. The summed E-state index contributed by atoms with van der Waals surface area (Å²) in [5, 5.41) is 4.59. The van der Waals surface area contributed by atoms with Crippen LogP contribution in [0.4, 0.5) is 4.39 Å². The fourth-order valence-electron chi connectivity index (χ4n) is 2.50. The Kier molecular flexibility index (Phi) is 3.32. The number of hydrogen-bond donors (Lipinski definition) is 0. The third kappa shape index (κ3) is 2.31. The largest absolute Gasteiger partial charge is 0.207 e. The Morgan fingerprint density at radius 2 is 1.86 bits per heavy atom. The molecule has 1 atom stereocenters. The van der Waals surface area contributed by atoms with E-state index in [2.05, 4.69) is 51.6 Å². The van der Waals surface area contributed by atoms with Gasteiger partial charge in [-0.2, -0.15) is 0 Å². The molecule has 0 amide bonds. The molecule has 104 valence electrons. The first-order valence-corrected chi connectivity index (χ1v) is 9.13. The maximum atomic E-state index is 13.3. The number of fused-ring (bicyclic) bond motifs is 2. The first kappa shape index (κ1) is 13.4. The Hall–Kier alpha value is -1.23. The minimum absolute atomic E-state index is 0.147. The van der Waals surface area contributed by atoms with Crippen molar-refractivity contribution in [3.05, 3.63) is 70.2 Å². The van der Waals surface area contributed by atoms with Gasteiger partial charge in [0, 0.05) is 14.3 Å². The smallest absolute Gasteiger partial charge is 0.124 e. The molecule has 0 N–H and O–H groups in total. The lowest BCUT2D eigenvalue weighted by Gasteiger charge is -2.06. The second-order valence-electron chi connectivity index (χ2n) is 4.88. The zero-order chi connectivity index (χ0) is 14.4. The van der Waals surface area contributed by atoms with Gasteiger partial charge in [-0.15, -0.1) is 22.7 Å². The molecule has 4 aromatic rings. The van der Waals surface area contributed by atoms with Crippen LogP contribution < -0.4 is 0 Å². The van der Waals surface area contributed by atoms with Gasteiger partial charge in [0.15, 0.2) is 0 Å². The van der Waals surface area contributed by atoms with Crippen molar-refractivity contribution < 1.29 is 4.39 Å². The molecule has 0 bridgehead atoms. The Morgan fingerprint density at radius 3 is 2.76 bits per heavy atom. The number of halogens is 2. The lowest BCUT2D eigenvalue weighted by atomic mass is 10.1. The topological polar surface area (TPSA) is 0 Å². The minimum Gasteiger partial charge on any atom is -0.207 e. The third-order valence-corrected chi connectivity index (χ3v) is 6.97. The highest BCUT2D eigenvalue weighted by atomic mass is 79.9. The fourth-order valence-corrected chi connectivity index (χ4v) is 5.54. The van der Waals surface area contributed by atoms with Crippen molar-refractivity contribution >= 4 is 58.8 Å². The summed E-state index contributed by atoms with van der Waals surface area (Å²) in [6.45, 7) is 0. The van der Waals surface area contributed by atoms with E-state index in [9.17, 15) is 4.39 Å². The summed E-state index contributed by atoms with van der Waals surface area (Å²) in [4.78, 5) is 1.35. The number of benzene rings is 2. The lowest BCUT2D eigenvalue weighted by Crippen LogP contribution is -1.86. The highest BCUT2D eigenvalue weighted by Crippen LogP contribution is 2.42. The molecule has 2 heterocycles. The van der Waals surface area contributed by atoms with Crippen molar-refractivity contribution in [2.45, 2.75) is 4.83 Å². The quantitative estimate of drug-likeness (QED) is 0.339. The van der Waals surface area contributed by atoms with Gasteiger partial charge in [0.2, 0.25) is 0 Å². The normalized spacial score (nSPS) is 13.0. The van der Waals surface area contributed by atoms with E-state index in [4.69, 9.17) is 0 Å². The summed E-state index contributed by atoms with van der Waals surface area (Å²) in [5.74, 6) is -0.178. The number of alkyl halides is 1. The second-order valence-corrected chi connectivity index (χ2v) is 7.82. The maximum Gasteiger partial charge on any atom is 0.124 e. The van der Waals surface area contributed by atoms with Gasteiger partial charge in [-0.05, 0) is 46.0 Å². The molecule has 4 rings (SSSR count). The molecule has 0 nitrogen and oxygen atoms in total. The van der Waals surface area contributed by atoms with Crippen LogP contribution in [0, 0.1) is 5.82 Å². The van der Waals surface area contributed by atoms with Gasteiger partial charge in [-0.25, -0.2) is 4.39 Å². The molecule has 1 unspecified atom stereocenters. The molecule has 2 aromatic carbocycles. The average molecular weight is 377 g/mol. The third-order valence-electron chi connectivity index (χ3n) is 3.53. The van der Waals surface area contributed by atoms with Crippen LogP contribution in [0.15, 0.2) is 53.9 Å². The van der Waals surface area contributed by atoms with Gasteiger partial charge in [-0.3, -0.25) is 0 Å². The highest BCUT2D eigenvalue weighted by molar-refractivity contribution is 9.09. The van der Waals surface area contributed by atoms with E-state index in [0.29, 0.717) is 0 Å². The molecule has 0 radical (unpaired) electrons. The molecular weight excluding hydrogens is 367 g/mol. The van der Waals surface area contributed by atoms with Crippen molar-refractivity contribution in [3.63, 3.8) is 0 Å². The molecule has 2 aromatic heterocycles. The van der Waals surface area contributed by atoms with Crippen LogP contribution >= 0.6 is 38.6 Å². The van der Waals surface area contributed by atoms with Gasteiger partial charge in [-0.1, -0.05) is 40.2 Å². The van der Waals surface area contributed by atoms with Crippen LogP contribution in [0.2, 0.25) is 0 Å². The van der Waals surface area contributed by atoms with Crippen molar-refractivity contribution in [2.75, 3.05) is 0 Å². The SMILES string of the molecule is Fc1ccc2cc(C(Br)c3csc4ccccc34)sc2c1. The summed E-state index contributed by atoms with van der Waals surface area (Å²) in [5.41, 5.74) is 1.28. The molecular formula is C17H10BrFS2. The summed E-state index contributed by atoms with van der Waals surface area (Å²) in [7, 11) is 0. The van der Waals surface area contributed by atoms with Gasteiger partial charge in [0.05, 0.1) is 4.83 Å². The first-order valence-electron chi connectivity index (χ1n) is 6.51. The summed E-state index contributed by atoms with van der Waals surface area (Å²) >= 11 is 7.22. The van der Waals surface area contributed by atoms with Crippen LogP contribution in [-0.4, -0.2) is 0 Å². The molecule has 0 aliphatic heterocycles. The molecule has 0 saturated heterocycles. The van der Waals surface area contributed by atoms with E-state index >= 15 is 0 Å². The van der Waals surface area contributed by atoms with Gasteiger partial charge < -0.3 is 0 Å². The van der Waals surface area contributed by atoms with E-state index in [1.807, 2.05) is 6.07 Å². The predicted molar refractivity (Wildman–Crippen MR) is 94.4 cm³/mol. The first-order chi connectivity index (χ1) is 10.2. The van der Waals surface area contributed by atoms with E-state index in [0.717, 1.165) is 10.1 Å². The molecule has 0 fully saturated rings. The number of hydrogen-bond acceptors (Lipinski definition) is 2. The molecule has 4 heteroatoms. The molecule has 0 spiro atoms. The number of thiophene rings is 2. The monoisotopic (exact) mass is 376 g/mol. The lowest BCUT2D eigenvalue weighted by molar-refractivity contribution is 0.630. The van der Waals surface area contributed by atoms with E-state index in [1.165, 1.54) is 26.6 Å². The maximum absolute atomic E-state index is 13.3. The Morgan fingerprint density at radius 1 is 1.00 bits per heavy atom. The van der Waals surface area contributed by atoms with Gasteiger partial charge in [0.25, 0.3) is 0 Å². The number of rotatable bonds is 2. The Bertz CT molecular complexity index is 938. The molecule has 21 heavy (non-hydrogen) atoms. The molecule has 0 aliphatic rings. The van der Waals surface area contributed by atoms with Crippen molar-refractivity contribution in [1.82, 2.24) is 0 Å². The van der Waals surface area contributed by atoms with Crippen molar-refractivity contribution in [2.24, 2.45) is 0 Å². The average Bonchev–Trinajstić information content (AvgIpc) is 3.09. The Balaban J connectivity index is 1.83. The fraction of sp³-hybridized carbons (Fsp3) is 0.0588. The predicted octanol–water partition coefficient (Wildman–Crippen LogP) is 6.74. The van der Waals surface area contributed by atoms with Crippen LogP contribution in [0.25, 0.3) is 20.2 Å². The standard InChI is InChI=1S/C17H10BrFS2/c18-17(13-9-20-14-4-2-1-3-12(13)14)16-7-10-5-6-11(19)8-15(10)21-16/h1-9,17H. The van der Waals surface area contributed by atoms with E-state index in [-0.39, 0.29) is 10.6 Å². The second kappa shape index (κ2) is 5.20.